The van der Waals surface area contributed by atoms with Crippen molar-refractivity contribution in [3.05, 3.63) is 12.7 Å². The lowest BCUT2D eigenvalue weighted by Crippen LogP contribution is -2.42. The van der Waals surface area contributed by atoms with E-state index in [-0.39, 0.29) is 5.54 Å². The summed E-state index contributed by atoms with van der Waals surface area (Å²) < 4.78 is 0. The van der Waals surface area contributed by atoms with Crippen LogP contribution in [0.1, 0.15) is 33.1 Å². The van der Waals surface area contributed by atoms with E-state index in [0.717, 1.165) is 25.8 Å². The summed E-state index contributed by atoms with van der Waals surface area (Å²) >= 11 is 0. The predicted molar refractivity (Wildman–Crippen MR) is 54.2 cm³/mol. The molecule has 13 heavy (non-hydrogen) atoms. The van der Waals surface area contributed by atoms with Crippen molar-refractivity contribution in [3.8, 4) is 6.07 Å². The molecule has 1 N–H and O–H groups in total. The fourth-order valence-electron chi connectivity index (χ4n) is 2.10. The highest BCUT2D eigenvalue weighted by Gasteiger charge is 2.42. The maximum absolute atomic E-state index is 9.13. The van der Waals surface area contributed by atoms with Gasteiger partial charge in [0.25, 0.3) is 0 Å². The van der Waals surface area contributed by atoms with Crippen LogP contribution in [0.25, 0.3) is 0 Å². The van der Waals surface area contributed by atoms with Crippen molar-refractivity contribution in [1.29, 1.82) is 5.26 Å². The third kappa shape index (κ3) is 2.32. The Kier molecular flexibility index (Phi) is 2.77. The molecular weight excluding hydrogens is 160 g/mol. The minimum atomic E-state index is -0.294. The van der Waals surface area contributed by atoms with E-state index in [4.69, 9.17) is 5.26 Å². The normalized spacial score (nSPS) is 31.2. The van der Waals surface area contributed by atoms with Crippen LogP contribution in [0.5, 0.6) is 0 Å². The molecule has 0 aromatic carbocycles. The fraction of sp³-hybridized carbons (Fsp3) is 0.727. The Bertz CT molecular complexity index is 237. The van der Waals surface area contributed by atoms with Crippen molar-refractivity contribution in [2.24, 2.45) is 5.41 Å². The second-order valence-electron chi connectivity index (χ2n) is 4.70. The summed E-state index contributed by atoms with van der Waals surface area (Å²) in [6.07, 6.45) is 4.85. The molecule has 1 saturated carbocycles. The predicted octanol–water partition coefficient (Wildman–Crippen LogP) is 2.23. The average molecular weight is 178 g/mol. The molecule has 1 aliphatic carbocycles. The lowest BCUT2D eigenvalue weighted by atomic mass is 9.88. The van der Waals surface area contributed by atoms with Crippen molar-refractivity contribution in [2.45, 2.75) is 38.6 Å². The van der Waals surface area contributed by atoms with Gasteiger partial charge in [-0.15, -0.1) is 6.58 Å². The summed E-state index contributed by atoms with van der Waals surface area (Å²) in [6, 6.07) is 2.41. The molecule has 0 spiro atoms. The molecule has 0 saturated heterocycles. The SMILES string of the molecule is C=CCNC1(C#N)CCC(C)(C)C1. The first-order valence-corrected chi connectivity index (χ1v) is 4.81. The Morgan fingerprint density at radius 3 is 2.62 bits per heavy atom. The van der Waals surface area contributed by atoms with E-state index in [1.807, 2.05) is 6.08 Å². The maximum atomic E-state index is 9.13. The molecule has 0 amide bonds. The Morgan fingerprint density at radius 2 is 2.23 bits per heavy atom. The molecule has 0 radical (unpaired) electrons. The Hall–Kier alpha value is -0.810. The van der Waals surface area contributed by atoms with Gasteiger partial charge in [-0.1, -0.05) is 19.9 Å². The first-order chi connectivity index (χ1) is 6.04. The van der Waals surface area contributed by atoms with Crippen molar-refractivity contribution < 1.29 is 0 Å². The molecule has 1 unspecified atom stereocenters. The molecule has 0 heterocycles. The number of hydrogen-bond donors (Lipinski definition) is 1. The summed E-state index contributed by atoms with van der Waals surface area (Å²) in [5.74, 6) is 0. The van der Waals surface area contributed by atoms with Crippen molar-refractivity contribution in [2.75, 3.05) is 6.54 Å². The van der Waals surface area contributed by atoms with Gasteiger partial charge in [-0.05, 0) is 24.7 Å². The smallest absolute Gasteiger partial charge is 0.107 e. The highest BCUT2D eigenvalue weighted by atomic mass is 15.0. The van der Waals surface area contributed by atoms with E-state index in [1.165, 1.54) is 0 Å². The first kappa shape index (κ1) is 10.3. The van der Waals surface area contributed by atoms with Gasteiger partial charge < -0.3 is 0 Å². The summed E-state index contributed by atoms with van der Waals surface area (Å²) in [7, 11) is 0. The zero-order valence-corrected chi connectivity index (χ0v) is 8.56. The van der Waals surface area contributed by atoms with Crippen LogP contribution in [0, 0.1) is 16.7 Å². The van der Waals surface area contributed by atoms with E-state index in [9.17, 15) is 0 Å². The van der Waals surface area contributed by atoms with E-state index < -0.39 is 0 Å². The van der Waals surface area contributed by atoms with Gasteiger partial charge in [-0.3, -0.25) is 5.32 Å². The second kappa shape index (κ2) is 3.51. The molecule has 1 atom stereocenters. The van der Waals surface area contributed by atoms with Crippen LogP contribution < -0.4 is 5.32 Å². The van der Waals surface area contributed by atoms with Crippen LogP contribution in [0.15, 0.2) is 12.7 Å². The largest absolute Gasteiger partial charge is 0.296 e. The third-order valence-corrected chi connectivity index (χ3v) is 2.81. The zero-order chi connectivity index (χ0) is 9.95. The van der Waals surface area contributed by atoms with Gasteiger partial charge in [-0.25, -0.2) is 0 Å². The van der Waals surface area contributed by atoms with Crippen molar-refractivity contribution in [1.82, 2.24) is 5.32 Å². The molecule has 0 aliphatic heterocycles. The van der Waals surface area contributed by atoms with Gasteiger partial charge in [0.15, 0.2) is 0 Å². The van der Waals surface area contributed by atoms with Crippen LogP contribution in [0.4, 0.5) is 0 Å². The number of rotatable bonds is 3. The fourth-order valence-corrected chi connectivity index (χ4v) is 2.10. The monoisotopic (exact) mass is 178 g/mol. The minimum Gasteiger partial charge on any atom is -0.296 e. The minimum absolute atomic E-state index is 0.294. The Morgan fingerprint density at radius 1 is 1.54 bits per heavy atom. The van der Waals surface area contributed by atoms with Crippen molar-refractivity contribution >= 4 is 0 Å². The Labute approximate surface area is 80.6 Å². The molecule has 1 rings (SSSR count). The zero-order valence-electron chi connectivity index (χ0n) is 8.56. The first-order valence-electron chi connectivity index (χ1n) is 4.81. The van der Waals surface area contributed by atoms with Gasteiger partial charge in [0.1, 0.15) is 5.54 Å². The standard InChI is InChI=1S/C11H18N2/c1-4-7-13-11(9-12)6-5-10(2,3)8-11/h4,13H,1,5-8H2,2-3H3. The topological polar surface area (TPSA) is 35.8 Å². The number of nitrogens with zero attached hydrogens (tertiary/aromatic N) is 1. The molecular formula is C11H18N2. The van der Waals surface area contributed by atoms with Crippen LogP contribution in [0.2, 0.25) is 0 Å². The lowest BCUT2D eigenvalue weighted by molar-refractivity contribution is 0.340. The highest BCUT2D eigenvalue weighted by Crippen LogP contribution is 2.43. The van der Waals surface area contributed by atoms with E-state index in [0.29, 0.717) is 5.41 Å². The highest BCUT2D eigenvalue weighted by molar-refractivity contribution is 5.14. The van der Waals surface area contributed by atoms with Crippen molar-refractivity contribution in [3.63, 3.8) is 0 Å². The van der Waals surface area contributed by atoms with Gasteiger partial charge >= 0.3 is 0 Å². The van der Waals surface area contributed by atoms with Gasteiger partial charge in [0.05, 0.1) is 6.07 Å². The molecule has 2 nitrogen and oxygen atoms in total. The van der Waals surface area contributed by atoms with Crippen LogP contribution in [-0.4, -0.2) is 12.1 Å². The number of nitrogens with one attached hydrogen (secondary N) is 1. The summed E-state index contributed by atoms with van der Waals surface area (Å²) in [4.78, 5) is 0. The van der Waals surface area contributed by atoms with Gasteiger partial charge in [-0.2, -0.15) is 5.26 Å². The van der Waals surface area contributed by atoms with Gasteiger partial charge in [0.2, 0.25) is 0 Å². The molecule has 0 bridgehead atoms. The number of hydrogen-bond acceptors (Lipinski definition) is 2. The lowest BCUT2D eigenvalue weighted by Gasteiger charge is -2.24. The molecule has 0 aromatic rings. The van der Waals surface area contributed by atoms with E-state index in [2.05, 4.69) is 31.8 Å². The van der Waals surface area contributed by atoms with Crippen LogP contribution in [0.3, 0.4) is 0 Å². The van der Waals surface area contributed by atoms with Crippen LogP contribution in [-0.2, 0) is 0 Å². The summed E-state index contributed by atoms with van der Waals surface area (Å²) in [5, 5.41) is 12.4. The second-order valence-corrected chi connectivity index (χ2v) is 4.70. The number of nitriles is 1. The quantitative estimate of drug-likeness (QED) is 0.673. The molecule has 1 aliphatic rings. The maximum Gasteiger partial charge on any atom is 0.107 e. The summed E-state index contributed by atoms with van der Waals surface area (Å²) in [5.41, 5.74) is 0.0155. The van der Waals surface area contributed by atoms with E-state index >= 15 is 0 Å². The molecule has 72 valence electrons. The Balaban J connectivity index is 2.64. The molecule has 2 heteroatoms. The molecule has 0 aromatic heterocycles. The average Bonchev–Trinajstić information content (AvgIpc) is 2.40. The molecule has 1 fully saturated rings. The van der Waals surface area contributed by atoms with Gasteiger partial charge in [0, 0.05) is 6.54 Å². The summed E-state index contributed by atoms with van der Waals surface area (Å²) in [6.45, 7) is 8.83. The van der Waals surface area contributed by atoms with E-state index in [1.54, 1.807) is 0 Å². The van der Waals surface area contributed by atoms with Crippen LogP contribution >= 0.6 is 0 Å². The third-order valence-electron chi connectivity index (χ3n) is 2.81.